The number of carboxylic acids is 1. The molecule has 2 N–H and O–H groups in total. The number of sulfonamides is 1. The van der Waals surface area contributed by atoms with Gasteiger partial charge in [0.1, 0.15) is 0 Å². The summed E-state index contributed by atoms with van der Waals surface area (Å²) in [6, 6.07) is 6.66. The molecule has 6 heteroatoms. The van der Waals surface area contributed by atoms with Gasteiger partial charge in [-0.15, -0.1) is 0 Å². The molecular formula is C14H21NO4S. The molecule has 20 heavy (non-hydrogen) atoms. The van der Waals surface area contributed by atoms with Crippen molar-refractivity contribution in [3.8, 4) is 0 Å². The van der Waals surface area contributed by atoms with Crippen LogP contribution in [0.5, 0.6) is 0 Å². The van der Waals surface area contributed by atoms with Gasteiger partial charge in [-0.1, -0.05) is 24.6 Å². The molecule has 1 rings (SSSR count). The number of aryl methyl sites for hydroxylation is 1. The number of hydrogen-bond acceptors (Lipinski definition) is 3. The minimum Gasteiger partial charge on any atom is -0.481 e. The molecule has 0 saturated carbocycles. The molecule has 112 valence electrons. The Morgan fingerprint density at radius 2 is 1.85 bits per heavy atom. The predicted molar refractivity (Wildman–Crippen MR) is 77.0 cm³/mol. The van der Waals surface area contributed by atoms with E-state index in [2.05, 4.69) is 4.72 Å². The number of hydrogen-bond donors (Lipinski definition) is 2. The molecule has 0 aliphatic heterocycles. The molecule has 0 aliphatic rings. The summed E-state index contributed by atoms with van der Waals surface area (Å²) in [7, 11) is -3.47. The largest absolute Gasteiger partial charge is 0.481 e. The number of carbonyl (C=O) groups is 1. The van der Waals surface area contributed by atoms with E-state index >= 15 is 0 Å². The van der Waals surface area contributed by atoms with Crippen LogP contribution in [0.15, 0.2) is 29.2 Å². The predicted octanol–water partition coefficient (Wildman–Crippen LogP) is 2.16. The zero-order valence-corrected chi connectivity index (χ0v) is 12.6. The van der Waals surface area contributed by atoms with E-state index in [0.29, 0.717) is 19.4 Å². The van der Waals surface area contributed by atoms with Gasteiger partial charge in [-0.2, -0.15) is 0 Å². The highest BCUT2D eigenvalue weighted by molar-refractivity contribution is 7.89. The Kier molecular flexibility index (Phi) is 6.16. The molecule has 1 aromatic carbocycles. The van der Waals surface area contributed by atoms with Crippen LogP contribution in [0.2, 0.25) is 0 Å². The Bertz CT molecular complexity index is 537. The number of benzene rings is 1. The van der Waals surface area contributed by atoms with Crippen molar-refractivity contribution < 1.29 is 18.3 Å². The Hall–Kier alpha value is -1.40. The van der Waals surface area contributed by atoms with Crippen LogP contribution in [0.3, 0.4) is 0 Å². The average Bonchev–Trinajstić information content (AvgIpc) is 2.36. The van der Waals surface area contributed by atoms with Crippen LogP contribution >= 0.6 is 0 Å². The molecule has 0 aromatic heterocycles. The Labute approximate surface area is 120 Å². The zero-order valence-electron chi connectivity index (χ0n) is 11.8. The quantitative estimate of drug-likeness (QED) is 0.770. The second-order valence-electron chi connectivity index (χ2n) is 5.04. The normalized spacial score (nSPS) is 13.1. The van der Waals surface area contributed by atoms with E-state index < -0.39 is 16.0 Å². The maximum Gasteiger partial charge on any atom is 0.303 e. The van der Waals surface area contributed by atoms with E-state index in [1.807, 2.05) is 13.8 Å². The number of carboxylic acid groups (broad SMARTS) is 1. The third-order valence-corrected chi connectivity index (χ3v) is 4.59. The van der Waals surface area contributed by atoms with E-state index in [4.69, 9.17) is 5.11 Å². The second kappa shape index (κ2) is 7.40. The van der Waals surface area contributed by atoms with Gasteiger partial charge in [0.15, 0.2) is 0 Å². The molecule has 0 saturated heterocycles. The maximum atomic E-state index is 12.0. The van der Waals surface area contributed by atoms with Crippen LogP contribution in [0.25, 0.3) is 0 Å². The van der Waals surface area contributed by atoms with Gasteiger partial charge in [0.05, 0.1) is 4.90 Å². The molecule has 1 atom stereocenters. The lowest BCUT2D eigenvalue weighted by atomic mass is 10.0. The Morgan fingerprint density at radius 1 is 1.25 bits per heavy atom. The summed E-state index contributed by atoms with van der Waals surface area (Å²) in [5.74, 6) is -0.649. The summed E-state index contributed by atoms with van der Waals surface area (Å²) < 4.78 is 26.5. The van der Waals surface area contributed by atoms with Crippen LogP contribution in [-0.2, 0) is 14.8 Å². The fraction of sp³-hybridized carbons (Fsp3) is 0.500. The zero-order chi connectivity index (χ0) is 15.2. The summed E-state index contributed by atoms with van der Waals surface area (Å²) >= 11 is 0. The average molecular weight is 299 g/mol. The van der Waals surface area contributed by atoms with Crippen LogP contribution in [0.1, 0.15) is 31.7 Å². The van der Waals surface area contributed by atoms with Crippen molar-refractivity contribution in [1.29, 1.82) is 0 Å². The molecule has 5 nitrogen and oxygen atoms in total. The van der Waals surface area contributed by atoms with Crippen LogP contribution in [-0.4, -0.2) is 26.0 Å². The van der Waals surface area contributed by atoms with Crippen molar-refractivity contribution >= 4 is 16.0 Å². The van der Waals surface area contributed by atoms with Gasteiger partial charge in [0.25, 0.3) is 0 Å². The Balaban J connectivity index is 2.44. The third kappa shape index (κ3) is 5.71. The molecule has 1 aromatic rings. The smallest absolute Gasteiger partial charge is 0.303 e. The first-order valence-corrected chi connectivity index (χ1v) is 8.07. The van der Waals surface area contributed by atoms with Crippen LogP contribution in [0.4, 0.5) is 0 Å². The second-order valence-corrected chi connectivity index (χ2v) is 6.80. The van der Waals surface area contributed by atoms with E-state index in [1.54, 1.807) is 24.3 Å². The summed E-state index contributed by atoms with van der Waals surface area (Å²) in [5, 5.41) is 8.58. The number of nitrogens with one attached hydrogen (secondary N) is 1. The summed E-state index contributed by atoms with van der Waals surface area (Å²) in [5.41, 5.74) is 1.01. The van der Waals surface area contributed by atoms with Gasteiger partial charge in [0, 0.05) is 13.0 Å². The van der Waals surface area contributed by atoms with Crippen LogP contribution < -0.4 is 4.72 Å². The molecule has 0 heterocycles. The summed E-state index contributed by atoms with van der Waals surface area (Å²) in [6.07, 6.45) is 1.30. The molecular weight excluding hydrogens is 278 g/mol. The molecule has 1 unspecified atom stereocenters. The topological polar surface area (TPSA) is 83.5 Å². The van der Waals surface area contributed by atoms with E-state index in [-0.39, 0.29) is 17.2 Å². The molecule has 0 radical (unpaired) electrons. The fourth-order valence-corrected chi connectivity index (χ4v) is 2.80. The van der Waals surface area contributed by atoms with Gasteiger partial charge in [-0.25, -0.2) is 13.1 Å². The minimum atomic E-state index is -3.47. The van der Waals surface area contributed by atoms with Gasteiger partial charge in [0.2, 0.25) is 10.0 Å². The molecule has 0 fully saturated rings. The first-order chi connectivity index (χ1) is 9.31. The van der Waals surface area contributed by atoms with Crippen molar-refractivity contribution in [2.24, 2.45) is 5.92 Å². The highest BCUT2D eigenvalue weighted by Crippen LogP contribution is 2.12. The summed E-state index contributed by atoms with van der Waals surface area (Å²) in [6.45, 7) is 4.13. The van der Waals surface area contributed by atoms with Crippen molar-refractivity contribution in [3.05, 3.63) is 29.8 Å². The van der Waals surface area contributed by atoms with Gasteiger partial charge >= 0.3 is 5.97 Å². The number of aliphatic carboxylic acids is 1. The van der Waals surface area contributed by atoms with Gasteiger partial charge in [-0.05, 0) is 37.8 Å². The summed E-state index contributed by atoms with van der Waals surface area (Å²) in [4.78, 5) is 10.7. The van der Waals surface area contributed by atoms with Crippen LogP contribution in [0, 0.1) is 12.8 Å². The first-order valence-electron chi connectivity index (χ1n) is 6.59. The molecule has 0 bridgehead atoms. The lowest BCUT2D eigenvalue weighted by molar-refractivity contribution is -0.137. The van der Waals surface area contributed by atoms with Gasteiger partial charge < -0.3 is 5.11 Å². The lowest BCUT2D eigenvalue weighted by Gasteiger charge is -2.11. The van der Waals surface area contributed by atoms with Crippen molar-refractivity contribution in [2.75, 3.05) is 6.54 Å². The van der Waals surface area contributed by atoms with E-state index in [0.717, 1.165) is 5.56 Å². The Morgan fingerprint density at radius 3 is 2.40 bits per heavy atom. The third-order valence-electron chi connectivity index (χ3n) is 3.11. The SMILES string of the molecule is Cc1ccc(S(=O)(=O)NCCC(C)CCC(=O)O)cc1. The van der Waals surface area contributed by atoms with Crippen molar-refractivity contribution in [3.63, 3.8) is 0 Å². The monoisotopic (exact) mass is 299 g/mol. The molecule has 0 amide bonds. The fourth-order valence-electron chi connectivity index (χ4n) is 1.75. The van der Waals surface area contributed by atoms with Crippen molar-refractivity contribution in [1.82, 2.24) is 4.72 Å². The van der Waals surface area contributed by atoms with E-state index in [9.17, 15) is 13.2 Å². The van der Waals surface area contributed by atoms with E-state index in [1.165, 1.54) is 0 Å². The molecule has 0 spiro atoms. The highest BCUT2D eigenvalue weighted by atomic mass is 32.2. The van der Waals surface area contributed by atoms with Crippen molar-refractivity contribution in [2.45, 2.75) is 38.0 Å². The van der Waals surface area contributed by atoms with Gasteiger partial charge in [-0.3, -0.25) is 4.79 Å². The minimum absolute atomic E-state index is 0.117. The lowest BCUT2D eigenvalue weighted by Crippen LogP contribution is -2.26. The first kappa shape index (κ1) is 16.7. The number of rotatable bonds is 8. The highest BCUT2D eigenvalue weighted by Gasteiger charge is 2.13. The molecule has 0 aliphatic carbocycles. The maximum absolute atomic E-state index is 12.0. The standard InChI is InChI=1S/C14H21NO4S/c1-11-3-6-13(7-4-11)20(18,19)15-10-9-12(2)5-8-14(16)17/h3-4,6-7,12,15H,5,8-10H2,1-2H3,(H,16,17).